The number of nitrogens with zero attached hydrogens (tertiary/aromatic N) is 1. The summed E-state index contributed by atoms with van der Waals surface area (Å²) in [4.78, 5) is 14.8. The van der Waals surface area contributed by atoms with Crippen molar-refractivity contribution in [1.29, 1.82) is 0 Å². The summed E-state index contributed by atoms with van der Waals surface area (Å²) in [6.45, 7) is 1.82. The van der Waals surface area contributed by atoms with Gasteiger partial charge in [-0.3, -0.25) is 0 Å². The molecule has 4 nitrogen and oxygen atoms in total. The molecule has 0 bridgehead atoms. The normalized spacial score (nSPS) is 10.3. The van der Waals surface area contributed by atoms with E-state index in [0.717, 1.165) is 17.6 Å². The van der Waals surface area contributed by atoms with E-state index in [1.165, 1.54) is 0 Å². The molecule has 2 aromatic rings. The summed E-state index contributed by atoms with van der Waals surface area (Å²) in [5.74, 6) is 2.17. The van der Waals surface area contributed by atoms with Crippen LogP contribution in [0.3, 0.4) is 0 Å². The number of hydrogen-bond acceptors (Lipinski definition) is 4. The van der Waals surface area contributed by atoms with E-state index in [1.54, 1.807) is 7.11 Å². The lowest BCUT2D eigenvalue weighted by atomic mass is 10.1. The van der Waals surface area contributed by atoms with Gasteiger partial charge in [0.05, 0.1) is 12.8 Å². The Bertz CT molecular complexity index is 528. The monoisotopic (exact) mass is 245 g/mol. The highest BCUT2D eigenvalue weighted by atomic mass is 16.5. The molecule has 0 N–H and O–H groups in total. The molecule has 0 unspecified atom stereocenters. The van der Waals surface area contributed by atoms with Crippen LogP contribution < -0.4 is 4.74 Å². The van der Waals surface area contributed by atoms with Crippen LogP contribution in [-0.2, 0) is 17.6 Å². The largest absolute Gasteiger partial charge is 0.497 e. The Hall–Kier alpha value is -2.10. The number of benzene rings is 1. The zero-order valence-electron chi connectivity index (χ0n) is 10.5. The first-order valence-electron chi connectivity index (χ1n) is 5.74. The van der Waals surface area contributed by atoms with Crippen molar-refractivity contribution in [1.82, 2.24) is 4.98 Å². The molecule has 1 aromatic heterocycles. The molecule has 0 fully saturated rings. The van der Waals surface area contributed by atoms with E-state index >= 15 is 0 Å². The Kier molecular flexibility index (Phi) is 3.77. The van der Waals surface area contributed by atoms with E-state index in [9.17, 15) is 4.79 Å². The predicted octanol–water partition coefficient (Wildman–Crippen LogP) is 2.32. The van der Waals surface area contributed by atoms with Gasteiger partial charge in [-0.1, -0.05) is 12.1 Å². The van der Waals surface area contributed by atoms with Crippen LogP contribution in [0, 0.1) is 6.92 Å². The third-order valence-electron chi connectivity index (χ3n) is 2.73. The molecule has 1 heterocycles. The topological polar surface area (TPSA) is 52.3 Å². The number of rotatable bonds is 5. The minimum absolute atomic E-state index is 0.304. The summed E-state index contributed by atoms with van der Waals surface area (Å²) in [6.07, 6.45) is 1.75. The van der Waals surface area contributed by atoms with Gasteiger partial charge < -0.3 is 13.9 Å². The fraction of sp³-hybridized carbons (Fsp3) is 0.286. The second-order valence-electron chi connectivity index (χ2n) is 4.01. The zero-order valence-corrected chi connectivity index (χ0v) is 10.5. The van der Waals surface area contributed by atoms with Gasteiger partial charge in [0.1, 0.15) is 17.8 Å². The first-order valence-corrected chi connectivity index (χ1v) is 5.74. The minimum atomic E-state index is 0.304. The lowest BCUT2D eigenvalue weighted by Crippen LogP contribution is -1.91. The van der Waals surface area contributed by atoms with Crippen LogP contribution in [0.1, 0.15) is 22.9 Å². The standard InChI is InChI=1S/C14H15NO3/c1-10-13(7-8-16)15-14(18-10)9-11-3-5-12(17-2)6-4-11/h3-6,8H,7,9H2,1-2H3. The number of carbonyl (C=O) groups is 1. The van der Waals surface area contributed by atoms with Crippen LogP contribution in [0.25, 0.3) is 0 Å². The number of hydrogen-bond donors (Lipinski definition) is 0. The summed E-state index contributed by atoms with van der Waals surface area (Å²) in [5, 5.41) is 0. The number of methoxy groups -OCH3 is 1. The van der Waals surface area contributed by atoms with Gasteiger partial charge in [0, 0.05) is 12.8 Å². The lowest BCUT2D eigenvalue weighted by Gasteiger charge is -2.00. The second-order valence-corrected chi connectivity index (χ2v) is 4.01. The van der Waals surface area contributed by atoms with Crippen LogP contribution in [0.2, 0.25) is 0 Å². The molecule has 18 heavy (non-hydrogen) atoms. The molecular formula is C14H15NO3. The third kappa shape index (κ3) is 2.77. The molecule has 94 valence electrons. The number of aryl methyl sites for hydroxylation is 1. The Labute approximate surface area is 106 Å². The van der Waals surface area contributed by atoms with Crippen molar-refractivity contribution < 1.29 is 13.9 Å². The Morgan fingerprint density at radius 2 is 2.06 bits per heavy atom. The molecule has 1 aromatic carbocycles. The first-order chi connectivity index (χ1) is 8.72. The van der Waals surface area contributed by atoms with E-state index in [1.807, 2.05) is 31.2 Å². The van der Waals surface area contributed by atoms with Crippen LogP contribution in [0.15, 0.2) is 28.7 Å². The summed E-state index contributed by atoms with van der Waals surface area (Å²) < 4.78 is 10.6. The average Bonchev–Trinajstić information content (AvgIpc) is 2.71. The van der Waals surface area contributed by atoms with Gasteiger partial charge in [0.15, 0.2) is 5.89 Å². The fourth-order valence-electron chi connectivity index (χ4n) is 1.75. The fourth-order valence-corrected chi connectivity index (χ4v) is 1.75. The van der Waals surface area contributed by atoms with Crippen LogP contribution in [-0.4, -0.2) is 18.4 Å². The SMILES string of the molecule is COc1ccc(Cc2nc(CC=O)c(C)o2)cc1. The smallest absolute Gasteiger partial charge is 0.199 e. The summed E-state index contributed by atoms with van der Waals surface area (Å²) in [7, 11) is 1.64. The molecule has 0 radical (unpaired) electrons. The average molecular weight is 245 g/mol. The number of aromatic nitrogens is 1. The lowest BCUT2D eigenvalue weighted by molar-refractivity contribution is -0.107. The van der Waals surface area contributed by atoms with Gasteiger partial charge in [0.25, 0.3) is 0 Å². The van der Waals surface area contributed by atoms with E-state index in [-0.39, 0.29) is 0 Å². The molecule has 0 aliphatic carbocycles. The number of ether oxygens (including phenoxy) is 1. The maximum absolute atomic E-state index is 10.5. The second kappa shape index (κ2) is 5.49. The highest BCUT2D eigenvalue weighted by molar-refractivity contribution is 5.54. The van der Waals surface area contributed by atoms with Crippen molar-refractivity contribution in [3.8, 4) is 5.75 Å². The van der Waals surface area contributed by atoms with Gasteiger partial charge in [0.2, 0.25) is 0 Å². The predicted molar refractivity (Wildman–Crippen MR) is 66.8 cm³/mol. The zero-order chi connectivity index (χ0) is 13.0. The highest BCUT2D eigenvalue weighted by Crippen LogP contribution is 2.16. The maximum Gasteiger partial charge on any atom is 0.199 e. The molecule has 0 aliphatic heterocycles. The molecule has 0 atom stereocenters. The van der Waals surface area contributed by atoms with Gasteiger partial charge in [-0.05, 0) is 24.6 Å². The molecular weight excluding hydrogens is 230 g/mol. The van der Waals surface area contributed by atoms with Crippen LogP contribution in [0.5, 0.6) is 5.75 Å². The highest BCUT2D eigenvalue weighted by Gasteiger charge is 2.09. The van der Waals surface area contributed by atoms with E-state index in [4.69, 9.17) is 9.15 Å². The van der Waals surface area contributed by atoms with E-state index in [2.05, 4.69) is 4.98 Å². The van der Waals surface area contributed by atoms with Crippen molar-refractivity contribution >= 4 is 6.29 Å². The molecule has 0 amide bonds. The molecule has 0 saturated carbocycles. The quantitative estimate of drug-likeness (QED) is 0.758. The van der Waals surface area contributed by atoms with E-state index in [0.29, 0.717) is 30.2 Å². The van der Waals surface area contributed by atoms with Gasteiger partial charge in [-0.25, -0.2) is 4.98 Å². The van der Waals surface area contributed by atoms with Crippen molar-refractivity contribution in [3.63, 3.8) is 0 Å². The minimum Gasteiger partial charge on any atom is -0.497 e. The Morgan fingerprint density at radius 1 is 1.33 bits per heavy atom. The molecule has 2 rings (SSSR count). The summed E-state index contributed by atoms with van der Waals surface area (Å²) >= 11 is 0. The van der Waals surface area contributed by atoms with Gasteiger partial charge >= 0.3 is 0 Å². The van der Waals surface area contributed by atoms with E-state index < -0.39 is 0 Å². The Morgan fingerprint density at radius 3 is 2.67 bits per heavy atom. The molecule has 0 spiro atoms. The first kappa shape index (κ1) is 12.4. The van der Waals surface area contributed by atoms with Crippen molar-refractivity contribution in [2.24, 2.45) is 0 Å². The Balaban J connectivity index is 2.12. The van der Waals surface area contributed by atoms with Crippen molar-refractivity contribution in [2.75, 3.05) is 7.11 Å². The number of carbonyl (C=O) groups excluding carboxylic acids is 1. The van der Waals surface area contributed by atoms with Crippen molar-refractivity contribution in [3.05, 3.63) is 47.2 Å². The summed E-state index contributed by atoms with van der Waals surface area (Å²) in [5.41, 5.74) is 1.81. The number of oxazole rings is 1. The van der Waals surface area contributed by atoms with Crippen LogP contribution >= 0.6 is 0 Å². The number of aldehydes is 1. The van der Waals surface area contributed by atoms with Crippen LogP contribution in [0.4, 0.5) is 0 Å². The van der Waals surface area contributed by atoms with Gasteiger partial charge in [-0.15, -0.1) is 0 Å². The maximum atomic E-state index is 10.5. The van der Waals surface area contributed by atoms with Gasteiger partial charge in [-0.2, -0.15) is 0 Å². The van der Waals surface area contributed by atoms with Crippen molar-refractivity contribution in [2.45, 2.75) is 19.8 Å². The molecule has 4 heteroatoms. The molecule has 0 aliphatic rings. The third-order valence-corrected chi connectivity index (χ3v) is 2.73. The summed E-state index contributed by atoms with van der Waals surface area (Å²) in [6, 6.07) is 7.74. The molecule has 0 saturated heterocycles.